The summed E-state index contributed by atoms with van der Waals surface area (Å²) in [6.07, 6.45) is 2.84. The first-order chi connectivity index (χ1) is 13.7. The van der Waals surface area contributed by atoms with Gasteiger partial charge in [-0.15, -0.1) is 6.58 Å². The summed E-state index contributed by atoms with van der Waals surface area (Å²) in [6.45, 7) is 14.9. The van der Waals surface area contributed by atoms with Crippen LogP contribution in [-0.2, 0) is 19.1 Å². The Balaban J connectivity index is 2.09. The molecule has 170 valence electrons. The van der Waals surface area contributed by atoms with Gasteiger partial charge in [-0.05, 0) is 60.2 Å². The second-order valence-corrected chi connectivity index (χ2v) is 11.1. The molecule has 8 unspecified atom stereocenters. The van der Waals surface area contributed by atoms with Crippen LogP contribution in [0.5, 0.6) is 0 Å². The maximum Gasteiger partial charge on any atom is 0.303 e. The van der Waals surface area contributed by atoms with E-state index in [1.54, 1.807) is 0 Å². The molecular formula is C24H38O6. The predicted octanol–water partition coefficient (Wildman–Crippen LogP) is 3.39. The van der Waals surface area contributed by atoms with Gasteiger partial charge < -0.3 is 19.7 Å². The number of hydrogen-bond donors (Lipinski definition) is 2. The Morgan fingerprint density at radius 3 is 2.20 bits per heavy atom. The Morgan fingerprint density at radius 1 is 1.07 bits per heavy atom. The summed E-state index contributed by atoms with van der Waals surface area (Å²) < 4.78 is 11.3. The first-order valence-electron chi connectivity index (χ1n) is 11.1. The molecule has 0 spiro atoms. The van der Waals surface area contributed by atoms with Crippen molar-refractivity contribution < 1.29 is 29.3 Å². The molecule has 3 rings (SSSR count). The summed E-state index contributed by atoms with van der Waals surface area (Å²) in [4.78, 5) is 23.7. The summed E-state index contributed by atoms with van der Waals surface area (Å²) in [6, 6.07) is 0. The summed E-state index contributed by atoms with van der Waals surface area (Å²) >= 11 is 0. The fourth-order valence-corrected chi connectivity index (χ4v) is 7.26. The lowest BCUT2D eigenvalue weighted by Crippen LogP contribution is -2.71. The van der Waals surface area contributed by atoms with Crippen LogP contribution in [0.25, 0.3) is 0 Å². The number of rotatable bonds is 3. The van der Waals surface area contributed by atoms with Gasteiger partial charge in [0.05, 0.1) is 6.10 Å². The molecule has 3 saturated carbocycles. The zero-order valence-corrected chi connectivity index (χ0v) is 19.2. The van der Waals surface area contributed by atoms with E-state index in [4.69, 9.17) is 9.47 Å². The first kappa shape index (κ1) is 23.3. The number of carbonyl (C=O) groups excluding carboxylic acids is 2. The molecule has 0 radical (unpaired) electrons. The number of ether oxygens (including phenoxy) is 2. The molecule has 3 fully saturated rings. The molecule has 30 heavy (non-hydrogen) atoms. The Labute approximate surface area is 180 Å². The number of esters is 2. The SMILES string of the molecule is C=CC1(C)CCC2C3(C)CC(OC(C)=O)C(O)C(C)(C)C3CC(OC(C)=O)C2(O)C1. The van der Waals surface area contributed by atoms with Crippen LogP contribution >= 0.6 is 0 Å². The number of hydrogen-bond acceptors (Lipinski definition) is 6. The van der Waals surface area contributed by atoms with E-state index in [1.165, 1.54) is 13.8 Å². The van der Waals surface area contributed by atoms with Crippen molar-refractivity contribution in [3.63, 3.8) is 0 Å². The second kappa shape index (κ2) is 7.33. The van der Waals surface area contributed by atoms with E-state index in [-0.39, 0.29) is 22.7 Å². The van der Waals surface area contributed by atoms with Crippen LogP contribution in [0.4, 0.5) is 0 Å². The van der Waals surface area contributed by atoms with E-state index in [0.717, 1.165) is 12.8 Å². The number of aliphatic hydroxyl groups is 2. The smallest absolute Gasteiger partial charge is 0.303 e. The van der Waals surface area contributed by atoms with Gasteiger partial charge in [0.2, 0.25) is 0 Å². The van der Waals surface area contributed by atoms with Gasteiger partial charge in [0, 0.05) is 13.8 Å². The topological polar surface area (TPSA) is 93.1 Å². The molecule has 0 heterocycles. The molecule has 8 atom stereocenters. The molecule has 0 bridgehead atoms. The average molecular weight is 423 g/mol. The highest BCUT2D eigenvalue weighted by molar-refractivity contribution is 5.66. The van der Waals surface area contributed by atoms with Crippen LogP contribution in [0.3, 0.4) is 0 Å². The van der Waals surface area contributed by atoms with Crippen molar-refractivity contribution in [1.29, 1.82) is 0 Å². The Morgan fingerprint density at radius 2 is 1.67 bits per heavy atom. The van der Waals surface area contributed by atoms with Crippen molar-refractivity contribution in [3.05, 3.63) is 12.7 Å². The van der Waals surface area contributed by atoms with Crippen LogP contribution in [-0.4, -0.2) is 46.1 Å². The molecule has 0 aromatic heterocycles. The monoisotopic (exact) mass is 422 g/mol. The average Bonchev–Trinajstić information content (AvgIpc) is 2.60. The summed E-state index contributed by atoms with van der Waals surface area (Å²) in [7, 11) is 0. The van der Waals surface area contributed by atoms with Crippen molar-refractivity contribution in [2.75, 3.05) is 0 Å². The third-order valence-corrected chi connectivity index (χ3v) is 8.67. The van der Waals surface area contributed by atoms with Crippen molar-refractivity contribution in [2.45, 2.75) is 97.6 Å². The highest BCUT2D eigenvalue weighted by atomic mass is 16.6. The fraction of sp³-hybridized carbons (Fsp3) is 0.833. The molecule has 0 aromatic carbocycles. The van der Waals surface area contributed by atoms with Gasteiger partial charge in [-0.2, -0.15) is 0 Å². The minimum Gasteiger partial charge on any atom is -0.460 e. The van der Waals surface area contributed by atoms with Gasteiger partial charge in [-0.25, -0.2) is 0 Å². The van der Waals surface area contributed by atoms with Crippen molar-refractivity contribution in [2.24, 2.45) is 28.1 Å². The third kappa shape index (κ3) is 3.50. The maximum atomic E-state index is 12.1. The summed E-state index contributed by atoms with van der Waals surface area (Å²) in [5, 5.41) is 23.2. The van der Waals surface area contributed by atoms with Gasteiger partial charge in [0.15, 0.2) is 0 Å². The van der Waals surface area contributed by atoms with Crippen LogP contribution in [0.1, 0.15) is 73.6 Å². The van der Waals surface area contributed by atoms with Crippen molar-refractivity contribution in [3.8, 4) is 0 Å². The van der Waals surface area contributed by atoms with Crippen LogP contribution in [0.15, 0.2) is 12.7 Å². The third-order valence-electron chi connectivity index (χ3n) is 8.67. The molecule has 6 nitrogen and oxygen atoms in total. The van der Waals surface area contributed by atoms with Gasteiger partial charge in [-0.3, -0.25) is 9.59 Å². The molecule has 6 heteroatoms. The zero-order valence-electron chi connectivity index (χ0n) is 19.2. The highest BCUT2D eigenvalue weighted by Crippen LogP contribution is 2.67. The number of fused-ring (bicyclic) bond motifs is 3. The largest absolute Gasteiger partial charge is 0.460 e. The molecule has 3 aliphatic carbocycles. The van der Waals surface area contributed by atoms with Crippen molar-refractivity contribution >= 4 is 11.9 Å². The maximum absolute atomic E-state index is 12.1. The van der Waals surface area contributed by atoms with E-state index >= 15 is 0 Å². The Bertz CT molecular complexity index is 731. The number of allylic oxidation sites excluding steroid dienone is 1. The van der Waals surface area contributed by atoms with E-state index in [1.807, 2.05) is 19.9 Å². The lowest BCUT2D eigenvalue weighted by atomic mass is 9.40. The van der Waals surface area contributed by atoms with Gasteiger partial charge in [-0.1, -0.05) is 33.8 Å². The van der Waals surface area contributed by atoms with Gasteiger partial charge in [0.25, 0.3) is 0 Å². The normalized spacial score (nSPS) is 47.4. The van der Waals surface area contributed by atoms with E-state index in [9.17, 15) is 19.8 Å². The fourth-order valence-electron chi connectivity index (χ4n) is 7.26. The number of aliphatic hydroxyl groups excluding tert-OH is 1. The summed E-state index contributed by atoms with van der Waals surface area (Å²) in [5.74, 6) is -0.974. The summed E-state index contributed by atoms with van der Waals surface area (Å²) in [5.41, 5.74) is -2.40. The Hall–Kier alpha value is -1.40. The molecular weight excluding hydrogens is 384 g/mol. The molecule has 2 N–H and O–H groups in total. The van der Waals surface area contributed by atoms with Gasteiger partial charge in [0.1, 0.15) is 17.8 Å². The lowest BCUT2D eigenvalue weighted by molar-refractivity contribution is -0.282. The molecule has 0 amide bonds. The lowest BCUT2D eigenvalue weighted by Gasteiger charge is -2.67. The molecule has 0 aromatic rings. The van der Waals surface area contributed by atoms with Crippen LogP contribution in [0.2, 0.25) is 0 Å². The first-order valence-corrected chi connectivity index (χ1v) is 11.1. The van der Waals surface area contributed by atoms with Crippen LogP contribution < -0.4 is 0 Å². The van der Waals surface area contributed by atoms with E-state index in [0.29, 0.717) is 19.3 Å². The highest BCUT2D eigenvalue weighted by Gasteiger charge is 2.69. The van der Waals surface area contributed by atoms with Crippen molar-refractivity contribution in [1.82, 2.24) is 0 Å². The predicted molar refractivity (Wildman–Crippen MR) is 112 cm³/mol. The quantitative estimate of drug-likeness (QED) is 0.535. The molecule has 0 saturated heterocycles. The zero-order chi connectivity index (χ0) is 22.7. The second-order valence-electron chi connectivity index (χ2n) is 11.1. The number of carbonyl (C=O) groups is 2. The molecule has 3 aliphatic rings. The van der Waals surface area contributed by atoms with E-state index in [2.05, 4.69) is 20.4 Å². The Kier molecular flexibility index (Phi) is 5.69. The van der Waals surface area contributed by atoms with E-state index < -0.39 is 41.3 Å². The van der Waals surface area contributed by atoms with Crippen LogP contribution in [0, 0.1) is 28.1 Å². The minimum absolute atomic E-state index is 0.00507. The molecule has 0 aliphatic heterocycles. The standard InChI is InChI=1S/C24H38O6/c1-8-22(6)10-9-17-23(7)12-16(29-14(2)25)20(27)21(4,5)18(23)11-19(30-15(3)26)24(17,28)13-22/h8,16-20,27-28H,1,9-13H2,2-7H3. The minimum atomic E-state index is -1.20. The van der Waals surface area contributed by atoms with Gasteiger partial charge >= 0.3 is 11.9 Å².